The number of nitrogens with one attached hydrogen (secondary N) is 1. The summed E-state index contributed by atoms with van der Waals surface area (Å²) in [6.07, 6.45) is 4.95. The molecule has 0 radical (unpaired) electrons. The number of carbonyl (C=O) groups is 1. The third kappa shape index (κ3) is 1.87. The minimum Gasteiger partial charge on any atom is -0.468 e. The van der Waals surface area contributed by atoms with Gasteiger partial charge in [0.2, 0.25) is 0 Å². The number of aryl methyl sites for hydroxylation is 1. The van der Waals surface area contributed by atoms with Crippen LogP contribution in [0.3, 0.4) is 0 Å². The van der Waals surface area contributed by atoms with Gasteiger partial charge in [0.1, 0.15) is 5.82 Å². The van der Waals surface area contributed by atoms with Crippen molar-refractivity contribution in [3.63, 3.8) is 0 Å². The van der Waals surface area contributed by atoms with Crippen molar-refractivity contribution in [2.24, 2.45) is 0 Å². The van der Waals surface area contributed by atoms with E-state index in [2.05, 4.69) is 4.98 Å². The van der Waals surface area contributed by atoms with Crippen LogP contribution in [0, 0.1) is 6.92 Å². The number of imidazole rings is 1. The molecule has 0 aromatic carbocycles. The number of H-pyrrole nitrogens is 1. The van der Waals surface area contributed by atoms with E-state index in [-0.39, 0.29) is 5.97 Å². The van der Waals surface area contributed by atoms with Gasteiger partial charge in [0.15, 0.2) is 5.41 Å². The molecule has 0 bridgehead atoms. The van der Waals surface area contributed by atoms with Gasteiger partial charge in [0.05, 0.1) is 26.0 Å². The van der Waals surface area contributed by atoms with Crippen molar-refractivity contribution in [2.75, 3.05) is 20.3 Å². The highest BCUT2D eigenvalue weighted by Gasteiger charge is 2.51. The predicted octanol–water partition coefficient (Wildman–Crippen LogP) is 1.82. The van der Waals surface area contributed by atoms with Gasteiger partial charge in [-0.05, 0) is 19.8 Å². The number of nitrogens with zero attached hydrogens (tertiary/aromatic N) is 1. The lowest BCUT2D eigenvalue weighted by atomic mass is 9.85. The fourth-order valence-electron chi connectivity index (χ4n) is 3.15. The van der Waals surface area contributed by atoms with E-state index in [1.54, 1.807) is 0 Å². The van der Waals surface area contributed by atoms with Crippen LogP contribution >= 0.6 is 0 Å². The number of ether oxygens (including phenoxy) is 2. The number of esters is 1. The molecule has 19 heavy (non-hydrogen) atoms. The third-order valence-corrected chi connectivity index (χ3v) is 4.39. The maximum atomic E-state index is 12.0. The number of carbonyl (C=O) groups excluding carboxylic acids is 1. The van der Waals surface area contributed by atoms with Crippen LogP contribution < -0.4 is 0 Å². The lowest BCUT2D eigenvalue weighted by Crippen LogP contribution is -2.54. The Kier molecular flexibility index (Phi) is 3.09. The zero-order valence-electron chi connectivity index (χ0n) is 11.5. The minimum atomic E-state index is -0.712. The number of aromatic amines is 1. The third-order valence-electron chi connectivity index (χ3n) is 4.39. The summed E-state index contributed by atoms with van der Waals surface area (Å²) in [7, 11) is 1.41. The monoisotopic (exact) mass is 264 g/mol. The first kappa shape index (κ1) is 12.7. The van der Waals surface area contributed by atoms with Crippen molar-refractivity contribution < 1.29 is 14.3 Å². The van der Waals surface area contributed by atoms with E-state index in [9.17, 15) is 4.79 Å². The Labute approximate surface area is 112 Å². The molecule has 1 aliphatic carbocycles. The summed E-state index contributed by atoms with van der Waals surface area (Å²) >= 11 is 0. The largest absolute Gasteiger partial charge is 0.468 e. The van der Waals surface area contributed by atoms with Gasteiger partial charge >= 0.3 is 5.97 Å². The summed E-state index contributed by atoms with van der Waals surface area (Å²) in [5.41, 5.74) is 1.50. The molecule has 3 rings (SSSR count). The summed E-state index contributed by atoms with van der Waals surface area (Å²) in [6, 6.07) is 0. The van der Waals surface area contributed by atoms with Crippen molar-refractivity contribution in [3.8, 4) is 0 Å². The quantitative estimate of drug-likeness (QED) is 0.846. The molecule has 0 spiro atoms. The summed E-state index contributed by atoms with van der Waals surface area (Å²) in [5, 5.41) is 0. The fraction of sp³-hybridized carbons (Fsp3) is 0.714. The normalized spacial score (nSPS) is 22.2. The van der Waals surface area contributed by atoms with Crippen molar-refractivity contribution in [2.45, 2.75) is 43.9 Å². The first-order chi connectivity index (χ1) is 9.17. The van der Waals surface area contributed by atoms with E-state index in [1.165, 1.54) is 32.8 Å². The topological polar surface area (TPSA) is 64.2 Å². The molecular formula is C14H20N2O3. The highest BCUT2D eigenvalue weighted by atomic mass is 16.5. The summed E-state index contributed by atoms with van der Waals surface area (Å²) in [5.74, 6) is 0.996. The van der Waals surface area contributed by atoms with Crippen LogP contribution in [0.5, 0.6) is 0 Å². The highest BCUT2D eigenvalue weighted by molar-refractivity contribution is 5.83. The summed E-state index contributed by atoms with van der Waals surface area (Å²) in [6.45, 7) is 2.75. The van der Waals surface area contributed by atoms with Crippen LogP contribution in [0.25, 0.3) is 0 Å². The van der Waals surface area contributed by atoms with Crippen LogP contribution in [-0.2, 0) is 19.7 Å². The van der Waals surface area contributed by atoms with Crippen LogP contribution in [0.4, 0.5) is 0 Å². The molecule has 5 heteroatoms. The highest BCUT2D eigenvalue weighted by Crippen LogP contribution is 2.38. The maximum absolute atomic E-state index is 12.0. The average Bonchev–Trinajstić information content (AvgIpc) is 2.96. The molecular weight excluding hydrogens is 244 g/mol. The molecule has 0 amide bonds. The number of hydrogen-bond donors (Lipinski definition) is 1. The number of aromatic nitrogens is 2. The molecule has 0 unspecified atom stereocenters. The maximum Gasteiger partial charge on any atom is 0.324 e. The second kappa shape index (κ2) is 4.63. The van der Waals surface area contributed by atoms with E-state index in [4.69, 9.17) is 14.5 Å². The van der Waals surface area contributed by atoms with Gasteiger partial charge in [-0.25, -0.2) is 4.98 Å². The van der Waals surface area contributed by atoms with E-state index in [0.717, 1.165) is 11.4 Å². The number of methoxy groups -OCH3 is 1. The minimum absolute atomic E-state index is 0.259. The number of rotatable bonds is 3. The first-order valence-electron chi connectivity index (χ1n) is 6.90. The van der Waals surface area contributed by atoms with Gasteiger partial charge in [-0.2, -0.15) is 0 Å². The van der Waals surface area contributed by atoms with Crippen LogP contribution in [-0.4, -0.2) is 36.3 Å². The van der Waals surface area contributed by atoms with Gasteiger partial charge in [0.25, 0.3) is 0 Å². The molecule has 1 aromatic rings. The smallest absolute Gasteiger partial charge is 0.324 e. The molecule has 5 nitrogen and oxygen atoms in total. The zero-order valence-corrected chi connectivity index (χ0v) is 11.5. The van der Waals surface area contributed by atoms with E-state index >= 15 is 0 Å². The Bertz CT molecular complexity index is 485. The summed E-state index contributed by atoms with van der Waals surface area (Å²) in [4.78, 5) is 20.0. The SMILES string of the molecule is COC(=O)C1(c2nc(C3CCCC3)c(C)[nH]2)COC1. The molecule has 1 saturated carbocycles. The van der Waals surface area contributed by atoms with Gasteiger partial charge < -0.3 is 14.5 Å². The van der Waals surface area contributed by atoms with E-state index < -0.39 is 5.41 Å². The Morgan fingerprint density at radius 2 is 2.11 bits per heavy atom. The first-order valence-corrected chi connectivity index (χ1v) is 6.90. The molecule has 1 aromatic heterocycles. The Hall–Kier alpha value is -1.36. The Morgan fingerprint density at radius 1 is 1.42 bits per heavy atom. The molecule has 1 N–H and O–H groups in total. The van der Waals surface area contributed by atoms with Gasteiger partial charge in [-0.15, -0.1) is 0 Å². The average molecular weight is 264 g/mol. The van der Waals surface area contributed by atoms with Crippen LogP contribution in [0.1, 0.15) is 48.8 Å². The van der Waals surface area contributed by atoms with Gasteiger partial charge in [-0.3, -0.25) is 4.79 Å². The summed E-state index contributed by atoms with van der Waals surface area (Å²) < 4.78 is 10.1. The molecule has 2 fully saturated rings. The van der Waals surface area contributed by atoms with Crippen LogP contribution in [0.15, 0.2) is 0 Å². The number of hydrogen-bond acceptors (Lipinski definition) is 4. The van der Waals surface area contributed by atoms with Crippen molar-refractivity contribution in [3.05, 3.63) is 17.2 Å². The standard InChI is InChI=1S/C14H20N2O3/c1-9-11(10-5-3-4-6-10)16-12(15-9)14(7-19-8-14)13(17)18-2/h10H,3-8H2,1-2H3,(H,15,16). The van der Waals surface area contributed by atoms with Gasteiger partial charge in [0, 0.05) is 11.6 Å². The lowest BCUT2D eigenvalue weighted by Gasteiger charge is -2.36. The molecule has 1 aliphatic heterocycles. The molecule has 1 saturated heterocycles. The van der Waals surface area contributed by atoms with Crippen molar-refractivity contribution in [1.82, 2.24) is 9.97 Å². The zero-order chi connectivity index (χ0) is 13.5. The molecule has 2 heterocycles. The molecule has 2 aliphatic rings. The second-order valence-electron chi connectivity index (χ2n) is 5.64. The Morgan fingerprint density at radius 3 is 2.63 bits per heavy atom. The van der Waals surface area contributed by atoms with Crippen LogP contribution in [0.2, 0.25) is 0 Å². The van der Waals surface area contributed by atoms with E-state index in [1.807, 2.05) is 6.92 Å². The molecule has 0 atom stereocenters. The second-order valence-corrected chi connectivity index (χ2v) is 5.64. The fourth-order valence-corrected chi connectivity index (χ4v) is 3.15. The lowest BCUT2D eigenvalue weighted by molar-refractivity contribution is -0.167. The molecule has 104 valence electrons. The van der Waals surface area contributed by atoms with Crippen molar-refractivity contribution >= 4 is 5.97 Å². The van der Waals surface area contributed by atoms with Crippen molar-refractivity contribution in [1.29, 1.82) is 0 Å². The van der Waals surface area contributed by atoms with Gasteiger partial charge in [-0.1, -0.05) is 12.8 Å². The predicted molar refractivity (Wildman–Crippen MR) is 69.0 cm³/mol. The Balaban J connectivity index is 1.92. The van der Waals surface area contributed by atoms with E-state index in [0.29, 0.717) is 25.0 Å².